The number of hydrogen-bond acceptors (Lipinski definition) is 3. The number of likely N-dealkylation sites (tertiary alicyclic amines) is 1. The Morgan fingerprint density at radius 2 is 1.92 bits per heavy atom. The second-order valence-corrected chi connectivity index (χ2v) is 7.30. The van der Waals surface area contributed by atoms with Crippen LogP contribution in [0.25, 0.3) is 0 Å². The Kier molecular flexibility index (Phi) is 4.59. The largest absolute Gasteiger partial charge is 0.351 e. The molecule has 0 unspecified atom stereocenters. The lowest BCUT2D eigenvalue weighted by Gasteiger charge is -2.42. The molecule has 1 N–H and O–H groups in total. The average Bonchev–Trinajstić information content (AvgIpc) is 2.62. The molecule has 0 saturated carbocycles. The highest BCUT2D eigenvalue weighted by Gasteiger charge is 2.34. The number of rotatable bonds is 4. The molecule has 2 bridgehead atoms. The van der Waals surface area contributed by atoms with E-state index in [2.05, 4.69) is 10.2 Å². The summed E-state index contributed by atoms with van der Waals surface area (Å²) in [7, 11) is 0. The molecule has 0 radical (unpaired) electrons. The number of carbonyl (C=O) groups is 1. The van der Waals surface area contributed by atoms with Crippen molar-refractivity contribution in [2.45, 2.75) is 25.4 Å². The minimum atomic E-state index is -0.278. The summed E-state index contributed by atoms with van der Waals surface area (Å²) >= 11 is 0. The van der Waals surface area contributed by atoms with Gasteiger partial charge >= 0.3 is 0 Å². The minimum absolute atomic E-state index is 0.0280. The van der Waals surface area contributed by atoms with Crippen LogP contribution in [0.4, 0.5) is 4.39 Å². The van der Waals surface area contributed by atoms with Gasteiger partial charge in [0, 0.05) is 43.9 Å². The Balaban J connectivity index is 1.36. The molecule has 4 rings (SSSR count). The first-order valence-electron chi connectivity index (χ1n) is 9.02. The first-order chi connectivity index (χ1) is 12.6. The number of nitrogens with one attached hydrogen (secondary N) is 1. The van der Waals surface area contributed by atoms with Crippen molar-refractivity contribution in [3.8, 4) is 0 Å². The smallest absolute Gasteiger partial charge is 0.250 e. The highest BCUT2D eigenvalue weighted by Crippen LogP contribution is 2.34. The molecule has 2 aromatic rings. The van der Waals surface area contributed by atoms with Crippen molar-refractivity contribution in [1.82, 2.24) is 14.8 Å². The Morgan fingerprint density at radius 1 is 1.12 bits per heavy atom. The molecular weight excluding hydrogens is 333 g/mol. The van der Waals surface area contributed by atoms with E-state index >= 15 is 0 Å². The van der Waals surface area contributed by atoms with Crippen LogP contribution in [0.3, 0.4) is 0 Å². The van der Waals surface area contributed by atoms with E-state index in [4.69, 9.17) is 0 Å². The number of pyridine rings is 1. The Hall–Kier alpha value is -2.47. The quantitative estimate of drug-likeness (QED) is 0.909. The van der Waals surface area contributed by atoms with E-state index in [1.165, 1.54) is 12.1 Å². The molecule has 1 fully saturated rings. The van der Waals surface area contributed by atoms with Gasteiger partial charge < -0.3 is 9.88 Å². The van der Waals surface area contributed by atoms with Crippen LogP contribution in [-0.4, -0.2) is 35.0 Å². The van der Waals surface area contributed by atoms with Gasteiger partial charge in [0.1, 0.15) is 5.82 Å². The first kappa shape index (κ1) is 17.0. The normalized spacial score (nSPS) is 21.9. The number of nitrogens with zero attached hydrogens (tertiary/aromatic N) is 2. The molecule has 6 heteroatoms. The average molecular weight is 355 g/mol. The van der Waals surface area contributed by atoms with Crippen LogP contribution >= 0.6 is 0 Å². The lowest BCUT2D eigenvalue weighted by atomic mass is 9.83. The molecule has 2 aliphatic heterocycles. The maximum absolute atomic E-state index is 12.9. The van der Waals surface area contributed by atoms with Crippen LogP contribution in [0.15, 0.2) is 47.3 Å². The molecule has 0 spiro atoms. The zero-order chi connectivity index (χ0) is 18.1. The van der Waals surface area contributed by atoms with Crippen molar-refractivity contribution >= 4 is 5.91 Å². The number of benzene rings is 1. The molecule has 1 saturated heterocycles. The molecule has 26 heavy (non-hydrogen) atoms. The van der Waals surface area contributed by atoms with Crippen LogP contribution in [-0.2, 0) is 17.9 Å². The fourth-order valence-corrected chi connectivity index (χ4v) is 4.19. The molecule has 1 aromatic carbocycles. The summed E-state index contributed by atoms with van der Waals surface area (Å²) in [6.45, 7) is 3.12. The van der Waals surface area contributed by atoms with Crippen molar-refractivity contribution in [3.63, 3.8) is 0 Å². The Labute approximate surface area is 151 Å². The van der Waals surface area contributed by atoms with Crippen LogP contribution in [0.5, 0.6) is 0 Å². The molecule has 136 valence electrons. The lowest BCUT2D eigenvalue weighted by Crippen LogP contribution is -2.49. The van der Waals surface area contributed by atoms with Gasteiger partial charge in [-0.05, 0) is 36.1 Å². The van der Waals surface area contributed by atoms with Gasteiger partial charge in [-0.1, -0.05) is 18.2 Å². The van der Waals surface area contributed by atoms with E-state index in [0.29, 0.717) is 24.9 Å². The number of carbonyl (C=O) groups excluding carboxylic acids is 1. The molecule has 5 nitrogen and oxygen atoms in total. The summed E-state index contributed by atoms with van der Waals surface area (Å²) in [6, 6.07) is 11.6. The maximum Gasteiger partial charge on any atom is 0.250 e. The lowest BCUT2D eigenvalue weighted by molar-refractivity contribution is -0.123. The molecule has 1 aromatic heterocycles. The maximum atomic E-state index is 12.9. The van der Waals surface area contributed by atoms with E-state index in [1.807, 2.05) is 16.7 Å². The van der Waals surface area contributed by atoms with Crippen LogP contribution < -0.4 is 10.9 Å². The van der Waals surface area contributed by atoms with Gasteiger partial charge in [-0.3, -0.25) is 14.5 Å². The Bertz CT molecular complexity index is 862. The number of halogens is 1. The summed E-state index contributed by atoms with van der Waals surface area (Å²) in [6.07, 6.45) is 1.08. The van der Waals surface area contributed by atoms with Gasteiger partial charge in [0.05, 0.1) is 6.54 Å². The summed E-state index contributed by atoms with van der Waals surface area (Å²) < 4.78 is 14.8. The predicted octanol–water partition coefficient (Wildman–Crippen LogP) is 1.72. The van der Waals surface area contributed by atoms with Crippen molar-refractivity contribution in [2.24, 2.45) is 5.92 Å². The van der Waals surface area contributed by atoms with E-state index < -0.39 is 0 Å². The topological polar surface area (TPSA) is 54.3 Å². The fourth-order valence-electron chi connectivity index (χ4n) is 4.19. The van der Waals surface area contributed by atoms with E-state index in [0.717, 1.165) is 37.3 Å². The molecule has 2 atom stereocenters. The van der Waals surface area contributed by atoms with E-state index in [-0.39, 0.29) is 17.3 Å². The van der Waals surface area contributed by atoms with Crippen LogP contribution in [0.1, 0.15) is 23.6 Å². The van der Waals surface area contributed by atoms with Crippen molar-refractivity contribution in [2.75, 3.05) is 19.6 Å². The number of aromatic nitrogens is 1. The van der Waals surface area contributed by atoms with E-state index in [9.17, 15) is 14.0 Å². The molecule has 0 aliphatic carbocycles. The molecule has 3 heterocycles. The predicted molar refractivity (Wildman–Crippen MR) is 96.2 cm³/mol. The standard InChI is InChI=1S/C20H22FN3O2/c21-17-6-4-14(5-7-17)9-22-19(25)13-23-10-15-8-16(12-23)18-2-1-3-20(26)24(18)11-15/h1-7,15-16H,8-13H2,(H,22,25)/t15-,16-/m0/s1. The molecule has 2 aliphatic rings. The molecular formula is C20H22FN3O2. The summed E-state index contributed by atoms with van der Waals surface area (Å²) in [5.41, 5.74) is 2.04. The van der Waals surface area contributed by atoms with Gasteiger partial charge in [0.25, 0.3) is 5.56 Å². The number of amides is 1. The van der Waals surface area contributed by atoms with Crippen LogP contribution in [0.2, 0.25) is 0 Å². The summed E-state index contributed by atoms with van der Waals surface area (Å²) in [4.78, 5) is 26.5. The van der Waals surface area contributed by atoms with Gasteiger partial charge in [-0.25, -0.2) is 4.39 Å². The zero-order valence-electron chi connectivity index (χ0n) is 14.5. The second kappa shape index (κ2) is 7.03. The third kappa shape index (κ3) is 3.55. The number of hydrogen-bond donors (Lipinski definition) is 1. The summed E-state index contributed by atoms with van der Waals surface area (Å²) in [5, 5.41) is 2.90. The third-order valence-corrected chi connectivity index (χ3v) is 5.33. The van der Waals surface area contributed by atoms with Crippen LogP contribution in [0, 0.1) is 11.7 Å². The third-order valence-electron chi connectivity index (χ3n) is 5.33. The molecule has 1 amide bonds. The first-order valence-corrected chi connectivity index (χ1v) is 9.02. The van der Waals surface area contributed by atoms with E-state index in [1.54, 1.807) is 18.2 Å². The SMILES string of the molecule is O=C(CN1C[C@@H]2C[C@@H](C1)c1cccc(=O)n1C2)NCc1ccc(F)cc1. The highest BCUT2D eigenvalue weighted by atomic mass is 19.1. The number of fused-ring (bicyclic) bond motifs is 4. The van der Waals surface area contributed by atoms with Gasteiger partial charge in [-0.2, -0.15) is 0 Å². The minimum Gasteiger partial charge on any atom is -0.351 e. The Morgan fingerprint density at radius 3 is 2.73 bits per heavy atom. The van der Waals surface area contributed by atoms with Crippen molar-refractivity contribution < 1.29 is 9.18 Å². The number of piperidine rings is 1. The van der Waals surface area contributed by atoms with Gasteiger partial charge in [-0.15, -0.1) is 0 Å². The fraction of sp³-hybridized carbons (Fsp3) is 0.400. The highest BCUT2D eigenvalue weighted by molar-refractivity contribution is 5.78. The zero-order valence-corrected chi connectivity index (χ0v) is 14.5. The van der Waals surface area contributed by atoms with Crippen molar-refractivity contribution in [3.05, 3.63) is 69.9 Å². The summed E-state index contributed by atoms with van der Waals surface area (Å²) in [5.74, 6) is 0.409. The van der Waals surface area contributed by atoms with Crippen molar-refractivity contribution in [1.29, 1.82) is 0 Å². The second-order valence-electron chi connectivity index (χ2n) is 7.30. The van der Waals surface area contributed by atoms with Gasteiger partial charge in [0.15, 0.2) is 0 Å². The van der Waals surface area contributed by atoms with Gasteiger partial charge in [0.2, 0.25) is 5.91 Å². The monoisotopic (exact) mass is 355 g/mol.